The summed E-state index contributed by atoms with van der Waals surface area (Å²) in [5.74, 6) is 1.89. The molecular formula is C18H27NO4. The summed E-state index contributed by atoms with van der Waals surface area (Å²) in [6.45, 7) is 1.73. The quantitative estimate of drug-likeness (QED) is 0.836. The summed E-state index contributed by atoms with van der Waals surface area (Å²) in [5, 5.41) is 0. The lowest BCUT2D eigenvalue weighted by molar-refractivity contribution is -0.130. The van der Waals surface area contributed by atoms with Gasteiger partial charge in [-0.1, -0.05) is 19.3 Å². The van der Waals surface area contributed by atoms with Crippen LogP contribution in [0, 0.1) is 0 Å². The number of carbonyl (C=O) groups excluding carboxylic acids is 1. The maximum Gasteiger partial charge on any atom is 0.226 e. The van der Waals surface area contributed by atoms with Crippen molar-refractivity contribution < 1.29 is 19.0 Å². The average molecular weight is 321 g/mol. The maximum absolute atomic E-state index is 12.6. The molecule has 0 atom stereocenters. The topological polar surface area (TPSA) is 48.0 Å². The van der Waals surface area contributed by atoms with Gasteiger partial charge in [0.05, 0.1) is 27.8 Å². The Morgan fingerprint density at radius 3 is 1.91 bits per heavy atom. The van der Waals surface area contributed by atoms with Crippen molar-refractivity contribution in [2.24, 2.45) is 0 Å². The fourth-order valence-corrected chi connectivity index (χ4v) is 3.02. The molecule has 1 saturated heterocycles. The number of hydrogen-bond acceptors (Lipinski definition) is 4. The standard InChI is InChI=1S/C18H27NO4/c1-21-15-11-14(12-16(22-2)18(15)23-3)13-17(20)19-9-7-5-4-6-8-10-19/h11-12H,4-10,13H2,1-3H3. The van der Waals surface area contributed by atoms with Crippen molar-refractivity contribution in [2.75, 3.05) is 34.4 Å². The van der Waals surface area contributed by atoms with E-state index in [0.717, 1.165) is 31.5 Å². The van der Waals surface area contributed by atoms with Gasteiger partial charge in [-0.15, -0.1) is 0 Å². The summed E-state index contributed by atoms with van der Waals surface area (Å²) in [6, 6.07) is 3.70. The van der Waals surface area contributed by atoms with Crippen LogP contribution in [0.25, 0.3) is 0 Å². The van der Waals surface area contributed by atoms with Crippen molar-refractivity contribution in [3.63, 3.8) is 0 Å². The fraction of sp³-hybridized carbons (Fsp3) is 0.611. The highest BCUT2D eigenvalue weighted by Gasteiger charge is 2.18. The molecule has 23 heavy (non-hydrogen) atoms. The highest BCUT2D eigenvalue weighted by atomic mass is 16.5. The van der Waals surface area contributed by atoms with Crippen molar-refractivity contribution in [2.45, 2.75) is 38.5 Å². The lowest BCUT2D eigenvalue weighted by Crippen LogP contribution is -2.34. The van der Waals surface area contributed by atoms with Crippen LogP contribution < -0.4 is 14.2 Å². The first-order chi connectivity index (χ1) is 11.2. The molecule has 1 heterocycles. The van der Waals surface area contributed by atoms with Crippen LogP contribution in [-0.4, -0.2) is 45.2 Å². The molecule has 1 aliphatic heterocycles. The van der Waals surface area contributed by atoms with E-state index >= 15 is 0 Å². The summed E-state index contributed by atoms with van der Waals surface area (Å²) in [6.07, 6.45) is 6.27. The van der Waals surface area contributed by atoms with Gasteiger partial charge >= 0.3 is 0 Å². The normalized spacial score (nSPS) is 15.5. The summed E-state index contributed by atoms with van der Waals surface area (Å²) >= 11 is 0. The van der Waals surface area contributed by atoms with E-state index in [9.17, 15) is 4.79 Å². The summed E-state index contributed by atoms with van der Waals surface area (Å²) < 4.78 is 16.0. The number of rotatable bonds is 5. The van der Waals surface area contributed by atoms with Gasteiger partial charge in [0.1, 0.15) is 0 Å². The van der Waals surface area contributed by atoms with E-state index in [0.29, 0.717) is 23.7 Å². The molecular weight excluding hydrogens is 294 g/mol. The number of carbonyl (C=O) groups is 1. The zero-order valence-corrected chi connectivity index (χ0v) is 14.4. The monoisotopic (exact) mass is 321 g/mol. The Morgan fingerprint density at radius 2 is 1.43 bits per heavy atom. The molecule has 5 heteroatoms. The number of methoxy groups -OCH3 is 3. The molecule has 0 spiro atoms. The molecule has 1 amide bonds. The molecule has 1 aromatic carbocycles. The molecule has 0 aromatic heterocycles. The number of ether oxygens (including phenoxy) is 3. The number of likely N-dealkylation sites (tertiary alicyclic amines) is 1. The van der Waals surface area contributed by atoms with Crippen molar-refractivity contribution >= 4 is 5.91 Å². The first-order valence-corrected chi connectivity index (χ1v) is 8.26. The molecule has 0 unspecified atom stereocenters. The van der Waals surface area contributed by atoms with Crippen LogP contribution in [0.3, 0.4) is 0 Å². The number of nitrogens with zero attached hydrogens (tertiary/aromatic N) is 1. The summed E-state index contributed by atoms with van der Waals surface area (Å²) in [4.78, 5) is 14.6. The van der Waals surface area contributed by atoms with E-state index < -0.39 is 0 Å². The van der Waals surface area contributed by atoms with Gasteiger partial charge in [-0.05, 0) is 30.5 Å². The number of amides is 1. The molecule has 0 bridgehead atoms. The predicted molar refractivity (Wildman–Crippen MR) is 89.5 cm³/mol. The highest BCUT2D eigenvalue weighted by molar-refractivity contribution is 5.79. The van der Waals surface area contributed by atoms with Crippen LogP contribution >= 0.6 is 0 Å². The average Bonchev–Trinajstić information content (AvgIpc) is 2.53. The third kappa shape index (κ3) is 4.53. The minimum absolute atomic E-state index is 0.168. The lowest BCUT2D eigenvalue weighted by atomic mass is 10.1. The van der Waals surface area contributed by atoms with Gasteiger partial charge in [-0.3, -0.25) is 4.79 Å². The largest absolute Gasteiger partial charge is 0.493 e. The number of hydrogen-bond donors (Lipinski definition) is 0. The Balaban J connectivity index is 2.13. The Kier molecular flexibility index (Phi) is 6.56. The first-order valence-electron chi connectivity index (χ1n) is 8.26. The predicted octanol–water partition coefficient (Wildman–Crippen LogP) is 3.05. The molecule has 0 aliphatic carbocycles. The zero-order valence-electron chi connectivity index (χ0n) is 14.4. The Bertz CT molecular complexity index is 497. The molecule has 1 aromatic rings. The molecule has 1 fully saturated rings. The van der Waals surface area contributed by atoms with Gasteiger partial charge in [0, 0.05) is 13.1 Å². The zero-order chi connectivity index (χ0) is 16.7. The lowest BCUT2D eigenvalue weighted by Gasteiger charge is -2.25. The Hall–Kier alpha value is -1.91. The molecule has 0 N–H and O–H groups in total. The second-order valence-corrected chi connectivity index (χ2v) is 5.86. The van der Waals surface area contributed by atoms with E-state index in [4.69, 9.17) is 14.2 Å². The second-order valence-electron chi connectivity index (χ2n) is 5.86. The van der Waals surface area contributed by atoms with Crippen molar-refractivity contribution in [1.82, 2.24) is 4.90 Å². The fourth-order valence-electron chi connectivity index (χ4n) is 3.02. The number of benzene rings is 1. The van der Waals surface area contributed by atoms with E-state index in [1.54, 1.807) is 21.3 Å². The molecule has 1 aliphatic rings. The van der Waals surface area contributed by atoms with Crippen molar-refractivity contribution in [1.29, 1.82) is 0 Å². The minimum Gasteiger partial charge on any atom is -0.493 e. The summed E-state index contributed by atoms with van der Waals surface area (Å²) in [5.41, 5.74) is 0.881. The van der Waals surface area contributed by atoms with Gasteiger partial charge in [-0.25, -0.2) is 0 Å². The molecule has 5 nitrogen and oxygen atoms in total. The van der Waals surface area contributed by atoms with Crippen LogP contribution in [0.2, 0.25) is 0 Å². The highest BCUT2D eigenvalue weighted by Crippen LogP contribution is 2.38. The van der Waals surface area contributed by atoms with Crippen LogP contribution in [0.4, 0.5) is 0 Å². The first kappa shape index (κ1) is 17.4. The molecule has 0 saturated carbocycles. The van der Waals surface area contributed by atoms with Crippen LogP contribution in [0.15, 0.2) is 12.1 Å². The minimum atomic E-state index is 0.168. The SMILES string of the molecule is COc1cc(CC(=O)N2CCCCCCC2)cc(OC)c1OC. The Morgan fingerprint density at radius 1 is 0.913 bits per heavy atom. The van der Waals surface area contributed by atoms with Crippen molar-refractivity contribution in [3.8, 4) is 17.2 Å². The van der Waals surface area contributed by atoms with E-state index in [2.05, 4.69) is 0 Å². The van der Waals surface area contributed by atoms with Crippen LogP contribution in [0.5, 0.6) is 17.2 Å². The second kappa shape index (κ2) is 8.65. The van der Waals surface area contributed by atoms with E-state index in [-0.39, 0.29) is 5.91 Å². The van der Waals surface area contributed by atoms with Crippen LogP contribution in [0.1, 0.15) is 37.7 Å². The smallest absolute Gasteiger partial charge is 0.226 e. The molecule has 0 radical (unpaired) electrons. The van der Waals surface area contributed by atoms with Crippen LogP contribution in [-0.2, 0) is 11.2 Å². The Labute approximate surface area is 138 Å². The molecule has 128 valence electrons. The third-order valence-electron chi connectivity index (χ3n) is 4.29. The van der Waals surface area contributed by atoms with Gasteiger partial charge in [0.25, 0.3) is 0 Å². The maximum atomic E-state index is 12.6. The van der Waals surface area contributed by atoms with Gasteiger partial charge in [0.2, 0.25) is 11.7 Å². The van der Waals surface area contributed by atoms with Gasteiger partial charge in [-0.2, -0.15) is 0 Å². The van der Waals surface area contributed by atoms with Crippen molar-refractivity contribution in [3.05, 3.63) is 17.7 Å². The van der Waals surface area contributed by atoms with E-state index in [1.165, 1.54) is 19.3 Å². The third-order valence-corrected chi connectivity index (χ3v) is 4.29. The molecule has 2 rings (SSSR count). The van der Waals surface area contributed by atoms with Gasteiger partial charge in [0.15, 0.2) is 11.5 Å². The van der Waals surface area contributed by atoms with Gasteiger partial charge < -0.3 is 19.1 Å². The van der Waals surface area contributed by atoms with E-state index in [1.807, 2.05) is 17.0 Å². The summed E-state index contributed by atoms with van der Waals surface area (Å²) in [7, 11) is 4.74.